The molecule has 0 bridgehead atoms. The first-order valence-electron chi connectivity index (χ1n) is 7.06. The molecule has 0 spiro atoms. The fourth-order valence-corrected chi connectivity index (χ4v) is 1.93. The normalized spacial score (nSPS) is 10.1. The Labute approximate surface area is 128 Å². The summed E-state index contributed by atoms with van der Waals surface area (Å²) < 4.78 is 13.5. The van der Waals surface area contributed by atoms with Gasteiger partial charge in [-0.05, 0) is 42.8 Å². The standard InChI is InChI=1S/C17H17FN2O2/c1-2-5-16(21)19-12-8-10-13(11-9-12)20-17(22)14-6-3-4-7-15(14)18/h3-4,6-11H,2,5H2,1H3,(H,19,21)(H,20,22). The van der Waals surface area contributed by atoms with Gasteiger partial charge in [-0.25, -0.2) is 4.39 Å². The van der Waals surface area contributed by atoms with Gasteiger partial charge < -0.3 is 10.6 Å². The van der Waals surface area contributed by atoms with Gasteiger partial charge in [0.15, 0.2) is 0 Å². The predicted octanol–water partition coefficient (Wildman–Crippen LogP) is 3.82. The third-order valence-electron chi connectivity index (χ3n) is 3.02. The fourth-order valence-electron chi connectivity index (χ4n) is 1.93. The fraction of sp³-hybridized carbons (Fsp3) is 0.176. The molecule has 2 N–H and O–H groups in total. The summed E-state index contributed by atoms with van der Waals surface area (Å²) in [5.74, 6) is -1.13. The molecule has 4 nitrogen and oxygen atoms in total. The number of rotatable bonds is 5. The maximum atomic E-state index is 13.5. The van der Waals surface area contributed by atoms with E-state index < -0.39 is 11.7 Å². The highest BCUT2D eigenvalue weighted by molar-refractivity contribution is 6.04. The van der Waals surface area contributed by atoms with Crippen molar-refractivity contribution in [3.8, 4) is 0 Å². The number of halogens is 1. The maximum Gasteiger partial charge on any atom is 0.258 e. The van der Waals surface area contributed by atoms with Crippen LogP contribution in [-0.4, -0.2) is 11.8 Å². The average Bonchev–Trinajstić information content (AvgIpc) is 2.50. The van der Waals surface area contributed by atoms with Gasteiger partial charge in [0, 0.05) is 17.8 Å². The molecule has 0 aromatic heterocycles. The number of carbonyl (C=O) groups excluding carboxylic acids is 2. The Morgan fingerprint density at radius 1 is 0.955 bits per heavy atom. The van der Waals surface area contributed by atoms with Gasteiger partial charge in [0.2, 0.25) is 5.91 Å². The van der Waals surface area contributed by atoms with Crippen LogP contribution in [0.1, 0.15) is 30.1 Å². The lowest BCUT2D eigenvalue weighted by molar-refractivity contribution is -0.116. The number of benzene rings is 2. The van der Waals surface area contributed by atoms with E-state index in [9.17, 15) is 14.0 Å². The van der Waals surface area contributed by atoms with Gasteiger partial charge in [0.25, 0.3) is 5.91 Å². The van der Waals surface area contributed by atoms with Gasteiger partial charge >= 0.3 is 0 Å². The zero-order chi connectivity index (χ0) is 15.9. The molecule has 2 rings (SSSR count). The first-order valence-corrected chi connectivity index (χ1v) is 7.06. The summed E-state index contributed by atoms with van der Waals surface area (Å²) in [4.78, 5) is 23.4. The largest absolute Gasteiger partial charge is 0.326 e. The van der Waals surface area contributed by atoms with E-state index in [-0.39, 0.29) is 11.5 Å². The lowest BCUT2D eigenvalue weighted by Gasteiger charge is -2.08. The highest BCUT2D eigenvalue weighted by Crippen LogP contribution is 2.16. The highest BCUT2D eigenvalue weighted by Gasteiger charge is 2.10. The molecular weight excluding hydrogens is 283 g/mol. The maximum absolute atomic E-state index is 13.5. The summed E-state index contributed by atoms with van der Waals surface area (Å²) in [7, 11) is 0. The molecule has 0 saturated heterocycles. The summed E-state index contributed by atoms with van der Waals surface area (Å²) in [5.41, 5.74) is 1.17. The Hall–Kier alpha value is -2.69. The van der Waals surface area contributed by atoms with Crippen molar-refractivity contribution in [3.05, 3.63) is 59.9 Å². The number of amides is 2. The van der Waals surface area contributed by atoms with Crippen molar-refractivity contribution in [1.29, 1.82) is 0 Å². The Bertz CT molecular complexity index is 669. The van der Waals surface area contributed by atoms with E-state index in [1.54, 1.807) is 30.3 Å². The van der Waals surface area contributed by atoms with Gasteiger partial charge in [-0.1, -0.05) is 19.1 Å². The molecular formula is C17H17FN2O2. The average molecular weight is 300 g/mol. The van der Waals surface area contributed by atoms with E-state index in [1.807, 2.05) is 6.92 Å². The van der Waals surface area contributed by atoms with Crippen molar-refractivity contribution >= 4 is 23.2 Å². The highest BCUT2D eigenvalue weighted by atomic mass is 19.1. The minimum atomic E-state index is -0.566. The number of hydrogen-bond donors (Lipinski definition) is 2. The molecule has 5 heteroatoms. The molecule has 2 amide bonds. The van der Waals surface area contributed by atoms with Crippen LogP contribution in [0.4, 0.5) is 15.8 Å². The van der Waals surface area contributed by atoms with Crippen LogP contribution in [0.2, 0.25) is 0 Å². The molecule has 0 aliphatic heterocycles. The third-order valence-corrected chi connectivity index (χ3v) is 3.02. The molecule has 0 aliphatic carbocycles. The van der Waals surface area contributed by atoms with Crippen LogP contribution < -0.4 is 10.6 Å². The molecule has 0 heterocycles. The van der Waals surface area contributed by atoms with Gasteiger partial charge in [-0.15, -0.1) is 0 Å². The number of anilines is 2. The van der Waals surface area contributed by atoms with E-state index in [2.05, 4.69) is 10.6 Å². The molecule has 2 aromatic carbocycles. The van der Waals surface area contributed by atoms with E-state index in [4.69, 9.17) is 0 Å². The topological polar surface area (TPSA) is 58.2 Å². The van der Waals surface area contributed by atoms with Crippen molar-refractivity contribution in [2.24, 2.45) is 0 Å². The molecule has 0 radical (unpaired) electrons. The van der Waals surface area contributed by atoms with Crippen LogP contribution in [0.5, 0.6) is 0 Å². The van der Waals surface area contributed by atoms with Crippen LogP contribution in [0.25, 0.3) is 0 Å². The van der Waals surface area contributed by atoms with Crippen LogP contribution in [0.3, 0.4) is 0 Å². The number of carbonyl (C=O) groups is 2. The van der Waals surface area contributed by atoms with Crippen molar-refractivity contribution in [2.45, 2.75) is 19.8 Å². The summed E-state index contributed by atoms with van der Waals surface area (Å²) in [6, 6.07) is 12.5. The number of hydrogen-bond acceptors (Lipinski definition) is 2. The molecule has 0 saturated carbocycles. The van der Waals surface area contributed by atoms with Gasteiger partial charge in [-0.2, -0.15) is 0 Å². The molecule has 0 fully saturated rings. The van der Waals surface area contributed by atoms with Crippen LogP contribution >= 0.6 is 0 Å². The van der Waals surface area contributed by atoms with E-state index in [0.29, 0.717) is 17.8 Å². The van der Waals surface area contributed by atoms with Gasteiger partial charge in [0.1, 0.15) is 5.82 Å². The molecule has 0 aliphatic rings. The first-order chi connectivity index (χ1) is 10.6. The lowest BCUT2D eigenvalue weighted by Crippen LogP contribution is -2.14. The van der Waals surface area contributed by atoms with Crippen molar-refractivity contribution in [2.75, 3.05) is 10.6 Å². The zero-order valence-electron chi connectivity index (χ0n) is 12.2. The minimum Gasteiger partial charge on any atom is -0.326 e. The molecule has 22 heavy (non-hydrogen) atoms. The Morgan fingerprint density at radius 3 is 2.14 bits per heavy atom. The van der Waals surface area contributed by atoms with Crippen LogP contribution in [-0.2, 0) is 4.79 Å². The summed E-state index contributed by atoms with van der Waals surface area (Å²) in [5, 5.41) is 5.37. The van der Waals surface area contributed by atoms with Crippen molar-refractivity contribution in [1.82, 2.24) is 0 Å². The second-order valence-corrected chi connectivity index (χ2v) is 4.81. The van der Waals surface area contributed by atoms with Gasteiger partial charge in [0.05, 0.1) is 5.56 Å². The zero-order valence-corrected chi connectivity index (χ0v) is 12.2. The van der Waals surface area contributed by atoms with Crippen LogP contribution in [0.15, 0.2) is 48.5 Å². The molecule has 2 aromatic rings. The Balaban J connectivity index is 2.01. The first kappa shape index (κ1) is 15.7. The number of nitrogens with one attached hydrogen (secondary N) is 2. The van der Waals surface area contributed by atoms with E-state index in [1.165, 1.54) is 18.2 Å². The summed E-state index contributed by atoms with van der Waals surface area (Å²) >= 11 is 0. The Kier molecular flexibility index (Phi) is 5.25. The molecule has 114 valence electrons. The lowest BCUT2D eigenvalue weighted by atomic mass is 10.2. The minimum absolute atomic E-state index is 0.0113. The van der Waals surface area contributed by atoms with Crippen LogP contribution in [0, 0.1) is 5.82 Å². The van der Waals surface area contributed by atoms with Crippen molar-refractivity contribution in [3.63, 3.8) is 0 Å². The second kappa shape index (κ2) is 7.36. The van der Waals surface area contributed by atoms with Gasteiger partial charge in [-0.3, -0.25) is 9.59 Å². The predicted molar refractivity (Wildman–Crippen MR) is 84.3 cm³/mol. The summed E-state index contributed by atoms with van der Waals surface area (Å²) in [6.45, 7) is 1.93. The SMILES string of the molecule is CCCC(=O)Nc1ccc(NC(=O)c2ccccc2F)cc1. The molecule has 0 unspecified atom stereocenters. The third kappa shape index (κ3) is 4.15. The smallest absolute Gasteiger partial charge is 0.258 e. The second-order valence-electron chi connectivity index (χ2n) is 4.81. The monoisotopic (exact) mass is 300 g/mol. The van der Waals surface area contributed by atoms with E-state index >= 15 is 0 Å². The quantitative estimate of drug-likeness (QED) is 0.882. The molecule has 0 atom stereocenters. The Morgan fingerprint density at radius 2 is 1.55 bits per heavy atom. The van der Waals surface area contributed by atoms with Crippen molar-refractivity contribution < 1.29 is 14.0 Å². The summed E-state index contributed by atoms with van der Waals surface area (Å²) in [6.07, 6.45) is 1.24. The van der Waals surface area contributed by atoms with E-state index in [0.717, 1.165) is 6.42 Å².